The minimum absolute atomic E-state index is 0.173. The van der Waals surface area contributed by atoms with Crippen molar-refractivity contribution in [2.45, 2.75) is 38.5 Å². The van der Waals surface area contributed by atoms with Crippen LogP contribution in [0.1, 0.15) is 32.6 Å². The summed E-state index contributed by atoms with van der Waals surface area (Å²) in [5, 5.41) is 3.15. The fourth-order valence-corrected chi connectivity index (χ4v) is 3.08. The van der Waals surface area contributed by atoms with Gasteiger partial charge in [-0.05, 0) is 32.2 Å². The SMILES string of the molecule is CCOC(=O)C12CCC(F)(F)CC1CCNC2. The Balaban J connectivity index is 2.19. The van der Waals surface area contributed by atoms with Gasteiger partial charge in [-0.2, -0.15) is 0 Å². The zero-order chi connectivity index (χ0) is 12.5. The van der Waals surface area contributed by atoms with Gasteiger partial charge in [0.05, 0.1) is 12.0 Å². The lowest BCUT2D eigenvalue weighted by Gasteiger charge is -2.47. The van der Waals surface area contributed by atoms with Crippen molar-refractivity contribution in [3.8, 4) is 0 Å². The Labute approximate surface area is 99.9 Å². The first-order valence-electron chi connectivity index (χ1n) is 6.26. The van der Waals surface area contributed by atoms with Gasteiger partial charge in [0, 0.05) is 19.4 Å². The molecule has 5 heteroatoms. The van der Waals surface area contributed by atoms with Crippen molar-refractivity contribution in [3.05, 3.63) is 0 Å². The molecule has 1 aliphatic heterocycles. The van der Waals surface area contributed by atoms with Crippen molar-refractivity contribution in [2.75, 3.05) is 19.7 Å². The van der Waals surface area contributed by atoms with Crippen LogP contribution in [0.2, 0.25) is 0 Å². The predicted molar refractivity (Wildman–Crippen MR) is 58.8 cm³/mol. The van der Waals surface area contributed by atoms with Crippen molar-refractivity contribution in [1.82, 2.24) is 5.32 Å². The van der Waals surface area contributed by atoms with Crippen LogP contribution in [0.15, 0.2) is 0 Å². The van der Waals surface area contributed by atoms with E-state index in [1.54, 1.807) is 6.92 Å². The Hall–Kier alpha value is -0.710. The summed E-state index contributed by atoms with van der Waals surface area (Å²) in [6, 6.07) is 0. The molecule has 1 aliphatic carbocycles. The molecule has 1 heterocycles. The van der Waals surface area contributed by atoms with E-state index in [-0.39, 0.29) is 31.1 Å². The lowest BCUT2D eigenvalue weighted by atomic mass is 9.62. The highest BCUT2D eigenvalue weighted by Crippen LogP contribution is 2.50. The maximum absolute atomic E-state index is 13.4. The molecule has 0 aromatic carbocycles. The second-order valence-electron chi connectivity index (χ2n) is 5.10. The number of piperidine rings is 1. The number of rotatable bonds is 2. The van der Waals surface area contributed by atoms with Crippen LogP contribution in [0.3, 0.4) is 0 Å². The first-order valence-corrected chi connectivity index (χ1v) is 6.26. The summed E-state index contributed by atoms with van der Waals surface area (Å²) in [5.41, 5.74) is -0.712. The van der Waals surface area contributed by atoms with Gasteiger partial charge in [0.1, 0.15) is 0 Å². The molecule has 0 radical (unpaired) electrons. The summed E-state index contributed by atoms with van der Waals surface area (Å²) in [6.07, 6.45) is 0.488. The Kier molecular flexibility index (Phi) is 3.39. The molecule has 2 atom stereocenters. The number of alkyl halides is 2. The molecule has 3 nitrogen and oxygen atoms in total. The van der Waals surface area contributed by atoms with Crippen LogP contribution in [0.4, 0.5) is 8.78 Å². The first kappa shape index (κ1) is 12.7. The number of carbonyl (C=O) groups is 1. The van der Waals surface area contributed by atoms with Crippen LogP contribution in [0.5, 0.6) is 0 Å². The Morgan fingerprint density at radius 2 is 2.24 bits per heavy atom. The normalized spacial score (nSPS) is 36.1. The number of hydrogen-bond acceptors (Lipinski definition) is 3. The number of hydrogen-bond donors (Lipinski definition) is 1. The maximum Gasteiger partial charge on any atom is 0.313 e. The summed E-state index contributed by atoms with van der Waals surface area (Å²) in [7, 11) is 0. The highest BCUT2D eigenvalue weighted by atomic mass is 19.3. The molecule has 0 bridgehead atoms. The third kappa shape index (κ3) is 2.30. The fourth-order valence-electron chi connectivity index (χ4n) is 3.08. The highest BCUT2D eigenvalue weighted by molar-refractivity contribution is 5.78. The van der Waals surface area contributed by atoms with Gasteiger partial charge < -0.3 is 10.1 Å². The van der Waals surface area contributed by atoms with Gasteiger partial charge in [-0.3, -0.25) is 4.79 Å². The molecule has 1 saturated heterocycles. The molecule has 0 spiro atoms. The lowest BCUT2D eigenvalue weighted by molar-refractivity contribution is -0.173. The Morgan fingerprint density at radius 3 is 2.94 bits per heavy atom. The number of ether oxygens (including phenoxy) is 1. The van der Waals surface area contributed by atoms with Crippen molar-refractivity contribution in [3.63, 3.8) is 0 Å². The molecule has 0 aromatic rings. The van der Waals surface area contributed by atoms with E-state index in [1.165, 1.54) is 0 Å². The van der Waals surface area contributed by atoms with Gasteiger partial charge in [0.25, 0.3) is 0 Å². The third-order valence-corrected chi connectivity index (χ3v) is 4.06. The van der Waals surface area contributed by atoms with Crippen molar-refractivity contribution in [2.24, 2.45) is 11.3 Å². The Bertz CT molecular complexity index is 309. The quantitative estimate of drug-likeness (QED) is 0.758. The first-order chi connectivity index (χ1) is 8.00. The summed E-state index contributed by atoms with van der Waals surface area (Å²) in [5.74, 6) is -3.16. The van der Waals surface area contributed by atoms with E-state index in [9.17, 15) is 13.6 Å². The number of esters is 1. The zero-order valence-electron chi connectivity index (χ0n) is 10.1. The van der Waals surface area contributed by atoms with Crippen LogP contribution in [0, 0.1) is 11.3 Å². The van der Waals surface area contributed by atoms with E-state index in [4.69, 9.17) is 4.74 Å². The van der Waals surface area contributed by atoms with Crippen LogP contribution in [-0.2, 0) is 9.53 Å². The van der Waals surface area contributed by atoms with E-state index in [0.717, 1.165) is 0 Å². The topological polar surface area (TPSA) is 38.3 Å². The second kappa shape index (κ2) is 4.52. The molecule has 1 N–H and O–H groups in total. The molecule has 2 rings (SSSR count). The average Bonchev–Trinajstić information content (AvgIpc) is 2.28. The van der Waals surface area contributed by atoms with Gasteiger partial charge in [-0.15, -0.1) is 0 Å². The molecule has 98 valence electrons. The molecular formula is C12H19F2NO2. The molecular weight excluding hydrogens is 228 g/mol. The van der Waals surface area contributed by atoms with E-state index < -0.39 is 11.3 Å². The number of nitrogens with one attached hydrogen (secondary N) is 1. The molecule has 2 unspecified atom stereocenters. The Morgan fingerprint density at radius 1 is 1.47 bits per heavy atom. The van der Waals surface area contributed by atoms with E-state index in [2.05, 4.69) is 5.32 Å². The molecule has 1 saturated carbocycles. The zero-order valence-corrected chi connectivity index (χ0v) is 10.1. The van der Waals surface area contributed by atoms with Gasteiger partial charge >= 0.3 is 5.97 Å². The molecule has 17 heavy (non-hydrogen) atoms. The fraction of sp³-hybridized carbons (Fsp3) is 0.917. The van der Waals surface area contributed by atoms with Crippen LogP contribution in [0.25, 0.3) is 0 Å². The average molecular weight is 247 g/mol. The maximum atomic E-state index is 13.4. The van der Waals surface area contributed by atoms with E-state index >= 15 is 0 Å². The predicted octanol–water partition coefficient (Wildman–Crippen LogP) is 1.96. The van der Waals surface area contributed by atoms with Crippen LogP contribution < -0.4 is 5.32 Å². The highest BCUT2D eigenvalue weighted by Gasteiger charge is 2.55. The largest absolute Gasteiger partial charge is 0.466 e. The molecule has 2 aliphatic rings. The summed E-state index contributed by atoms with van der Waals surface area (Å²) in [6.45, 7) is 3.25. The smallest absolute Gasteiger partial charge is 0.313 e. The molecule has 2 fully saturated rings. The minimum atomic E-state index is -2.61. The second-order valence-corrected chi connectivity index (χ2v) is 5.10. The third-order valence-electron chi connectivity index (χ3n) is 4.06. The van der Waals surface area contributed by atoms with Gasteiger partial charge in [-0.25, -0.2) is 8.78 Å². The van der Waals surface area contributed by atoms with Crippen molar-refractivity contribution in [1.29, 1.82) is 0 Å². The molecule has 0 aromatic heterocycles. The number of fused-ring (bicyclic) bond motifs is 1. The summed E-state index contributed by atoms with van der Waals surface area (Å²) < 4.78 is 31.9. The molecule has 0 amide bonds. The van der Waals surface area contributed by atoms with Crippen LogP contribution >= 0.6 is 0 Å². The van der Waals surface area contributed by atoms with Gasteiger partial charge in [0.2, 0.25) is 5.92 Å². The summed E-state index contributed by atoms with van der Waals surface area (Å²) >= 11 is 0. The number of halogens is 2. The van der Waals surface area contributed by atoms with Crippen LogP contribution in [-0.4, -0.2) is 31.6 Å². The lowest BCUT2D eigenvalue weighted by Crippen LogP contribution is -2.56. The van der Waals surface area contributed by atoms with Gasteiger partial charge in [-0.1, -0.05) is 0 Å². The monoisotopic (exact) mass is 247 g/mol. The number of carbonyl (C=O) groups excluding carboxylic acids is 1. The van der Waals surface area contributed by atoms with E-state index in [1.807, 2.05) is 0 Å². The van der Waals surface area contributed by atoms with Gasteiger partial charge in [0.15, 0.2) is 0 Å². The minimum Gasteiger partial charge on any atom is -0.466 e. The summed E-state index contributed by atoms with van der Waals surface area (Å²) in [4.78, 5) is 12.1. The van der Waals surface area contributed by atoms with E-state index in [0.29, 0.717) is 26.1 Å². The van der Waals surface area contributed by atoms with Crippen molar-refractivity contribution >= 4 is 5.97 Å². The van der Waals surface area contributed by atoms with Crippen molar-refractivity contribution < 1.29 is 18.3 Å². The standard InChI is InChI=1S/C12H19F2NO2/c1-2-17-10(16)11-4-5-12(13,14)7-9(11)3-6-15-8-11/h9,15H,2-8H2,1H3.